The van der Waals surface area contributed by atoms with Gasteiger partial charge in [0.1, 0.15) is 5.75 Å². The van der Waals surface area contributed by atoms with E-state index in [1.807, 2.05) is 25.1 Å². The summed E-state index contributed by atoms with van der Waals surface area (Å²) >= 11 is 9.53. The molecule has 0 amide bonds. The Morgan fingerprint density at radius 3 is 2.86 bits per heavy atom. The first-order chi connectivity index (χ1) is 10.0. The largest absolute Gasteiger partial charge is 0.493 e. The van der Waals surface area contributed by atoms with Crippen molar-refractivity contribution in [2.75, 3.05) is 6.61 Å². The van der Waals surface area contributed by atoms with E-state index in [0.717, 1.165) is 33.3 Å². The fraction of sp³-hybridized carbons (Fsp3) is 0.235. The van der Waals surface area contributed by atoms with E-state index >= 15 is 0 Å². The van der Waals surface area contributed by atoms with Gasteiger partial charge in [-0.3, -0.25) is 4.79 Å². The maximum Gasteiger partial charge on any atom is 0.167 e. The summed E-state index contributed by atoms with van der Waals surface area (Å²) in [5, 5.41) is 0.592. The molecule has 0 aromatic heterocycles. The van der Waals surface area contributed by atoms with E-state index in [9.17, 15) is 4.79 Å². The zero-order valence-corrected chi connectivity index (χ0v) is 13.9. The summed E-state index contributed by atoms with van der Waals surface area (Å²) in [6.45, 7) is 2.62. The number of hydrogen-bond acceptors (Lipinski definition) is 2. The fourth-order valence-corrected chi connectivity index (χ4v) is 3.49. The molecule has 0 spiro atoms. The first kappa shape index (κ1) is 14.6. The summed E-state index contributed by atoms with van der Waals surface area (Å²) in [5.74, 6) is 0.918. The molecule has 1 aliphatic heterocycles. The molecule has 2 aromatic carbocycles. The smallest absolute Gasteiger partial charge is 0.167 e. The van der Waals surface area contributed by atoms with Crippen LogP contribution < -0.4 is 4.74 Å². The van der Waals surface area contributed by atoms with Gasteiger partial charge in [0.2, 0.25) is 0 Å². The lowest BCUT2D eigenvalue weighted by Crippen LogP contribution is -2.05. The molecule has 4 heteroatoms. The molecule has 3 rings (SSSR count). The Bertz CT molecular complexity index is 705. The molecule has 0 aliphatic carbocycles. The highest BCUT2D eigenvalue weighted by molar-refractivity contribution is 9.10. The Labute approximate surface area is 137 Å². The molecule has 0 fully saturated rings. The average Bonchev–Trinajstić information content (AvgIpc) is 2.85. The molecule has 0 saturated carbocycles. The molecule has 1 heterocycles. The average molecular weight is 366 g/mol. The third kappa shape index (κ3) is 3.14. The van der Waals surface area contributed by atoms with E-state index < -0.39 is 0 Å². The number of rotatable bonds is 3. The number of carbonyl (C=O) groups excluding carboxylic acids is 1. The van der Waals surface area contributed by atoms with Gasteiger partial charge in [0.15, 0.2) is 5.78 Å². The predicted octanol–water partition coefficient (Wildman–Crippen LogP) is 4.77. The molecule has 2 nitrogen and oxygen atoms in total. The van der Waals surface area contributed by atoms with Crippen molar-refractivity contribution in [3.8, 4) is 5.75 Å². The van der Waals surface area contributed by atoms with Gasteiger partial charge in [0, 0.05) is 33.5 Å². The molecule has 108 valence electrons. The van der Waals surface area contributed by atoms with E-state index in [-0.39, 0.29) is 5.78 Å². The van der Waals surface area contributed by atoms with Crippen molar-refractivity contribution >= 4 is 33.3 Å². The molecular weight excluding hydrogens is 352 g/mol. The highest BCUT2D eigenvalue weighted by Crippen LogP contribution is 2.33. The monoisotopic (exact) mass is 364 g/mol. The Morgan fingerprint density at radius 2 is 2.10 bits per heavy atom. The number of fused-ring (bicyclic) bond motifs is 1. The normalized spacial score (nSPS) is 12.9. The third-order valence-corrected chi connectivity index (χ3v) is 4.22. The number of ketones is 1. The second kappa shape index (κ2) is 5.82. The van der Waals surface area contributed by atoms with Crippen molar-refractivity contribution in [1.82, 2.24) is 0 Å². The van der Waals surface area contributed by atoms with Crippen LogP contribution in [-0.2, 0) is 12.8 Å². The Balaban J connectivity index is 1.92. The summed E-state index contributed by atoms with van der Waals surface area (Å²) in [5.41, 5.74) is 3.72. The van der Waals surface area contributed by atoms with Gasteiger partial charge < -0.3 is 4.74 Å². The van der Waals surface area contributed by atoms with Crippen molar-refractivity contribution in [2.24, 2.45) is 0 Å². The Morgan fingerprint density at radius 1 is 1.29 bits per heavy atom. The summed E-state index contributed by atoms with van der Waals surface area (Å²) < 4.78 is 6.65. The Kier molecular flexibility index (Phi) is 4.05. The van der Waals surface area contributed by atoms with Gasteiger partial charge in [-0.05, 0) is 48.4 Å². The number of hydrogen-bond donors (Lipinski definition) is 0. The van der Waals surface area contributed by atoms with E-state index in [2.05, 4.69) is 22.0 Å². The molecule has 0 bridgehead atoms. The molecule has 21 heavy (non-hydrogen) atoms. The molecule has 0 saturated heterocycles. The van der Waals surface area contributed by atoms with Gasteiger partial charge in [-0.2, -0.15) is 0 Å². The van der Waals surface area contributed by atoms with Crippen LogP contribution in [0.1, 0.15) is 27.0 Å². The number of ether oxygens (including phenoxy) is 1. The van der Waals surface area contributed by atoms with Gasteiger partial charge in [-0.1, -0.05) is 27.5 Å². The predicted molar refractivity (Wildman–Crippen MR) is 87.6 cm³/mol. The van der Waals surface area contributed by atoms with Crippen LogP contribution in [0, 0.1) is 6.92 Å². The van der Waals surface area contributed by atoms with E-state index in [1.54, 1.807) is 6.07 Å². The standard InChI is InChI=1S/C17H14BrClO2/c1-10-4-12(8-15(19)5-10)16(20)9-13-7-14(18)6-11-2-3-21-17(11)13/h4-8H,2-3,9H2,1H3. The minimum Gasteiger partial charge on any atom is -0.493 e. The number of carbonyl (C=O) groups is 1. The third-order valence-electron chi connectivity index (χ3n) is 3.54. The number of aryl methyl sites for hydroxylation is 1. The van der Waals surface area contributed by atoms with Crippen LogP contribution in [0.25, 0.3) is 0 Å². The lowest BCUT2D eigenvalue weighted by Gasteiger charge is -2.09. The molecule has 1 aliphatic rings. The van der Waals surface area contributed by atoms with Crippen LogP contribution in [0.5, 0.6) is 5.75 Å². The molecule has 0 radical (unpaired) electrons. The van der Waals surface area contributed by atoms with Gasteiger partial charge in [0.25, 0.3) is 0 Å². The fourth-order valence-electron chi connectivity index (χ4n) is 2.65. The zero-order valence-electron chi connectivity index (χ0n) is 11.6. The minimum atomic E-state index is 0.0522. The lowest BCUT2D eigenvalue weighted by atomic mass is 9.99. The highest BCUT2D eigenvalue weighted by atomic mass is 79.9. The van der Waals surface area contributed by atoms with Gasteiger partial charge in [-0.15, -0.1) is 0 Å². The molecule has 0 atom stereocenters. The first-order valence-corrected chi connectivity index (χ1v) is 7.94. The Hall–Kier alpha value is -1.32. The maximum atomic E-state index is 12.5. The van der Waals surface area contributed by atoms with Crippen LogP contribution in [0.2, 0.25) is 5.02 Å². The lowest BCUT2D eigenvalue weighted by molar-refractivity contribution is 0.0992. The molecular formula is C17H14BrClO2. The minimum absolute atomic E-state index is 0.0522. The first-order valence-electron chi connectivity index (χ1n) is 6.77. The highest BCUT2D eigenvalue weighted by Gasteiger charge is 2.20. The van der Waals surface area contributed by atoms with Crippen LogP contribution in [0.15, 0.2) is 34.8 Å². The maximum absolute atomic E-state index is 12.5. The summed E-state index contributed by atoms with van der Waals surface area (Å²) in [6, 6.07) is 9.45. The van der Waals surface area contributed by atoms with Crippen LogP contribution in [-0.4, -0.2) is 12.4 Å². The number of Topliss-reactive ketones (excluding diaryl/α,β-unsaturated/α-hetero) is 1. The van der Waals surface area contributed by atoms with Crippen molar-refractivity contribution < 1.29 is 9.53 Å². The number of benzene rings is 2. The van der Waals surface area contributed by atoms with Crippen molar-refractivity contribution in [3.05, 3.63) is 62.1 Å². The van der Waals surface area contributed by atoms with Crippen LogP contribution in [0.3, 0.4) is 0 Å². The molecule has 2 aromatic rings. The zero-order chi connectivity index (χ0) is 15.0. The van der Waals surface area contributed by atoms with Gasteiger partial charge in [-0.25, -0.2) is 0 Å². The van der Waals surface area contributed by atoms with Crippen molar-refractivity contribution in [2.45, 2.75) is 19.8 Å². The number of halogens is 2. The van der Waals surface area contributed by atoms with E-state index in [1.165, 1.54) is 0 Å². The second-order valence-corrected chi connectivity index (χ2v) is 6.62. The molecule has 0 unspecified atom stereocenters. The quantitative estimate of drug-likeness (QED) is 0.732. The summed E-state index contributed by atoms with van der Waals surface area (Å²) in [4.78, 5) is 12.5. The van der Waals surface area contributed by atoms with Crippen molar-refractivity contribution in [3.63, 3.8) is 0 Å². The van der Waals surface area contributed by atoms with E-state index in [4.69, 9.17) is 16.3 Å². The second-order valence-electron chi connectivity index (χ2n) is 5.27. The van der Waals surface area contributed by atoms with Gasteiger partial charge >= 0.3 is 0 Å². The van der Waals surface area contributed by atoms with Crippen LogP contribution in [0.4, 0.5) is 0 Å². The van der Waals surface area contributed by atoms with Crippen molar-refractivity contribution in [1.29, 1.82) is 0 Å². The summed E-state index contributed by atoms with van der Waals surface area (Å²) in [7, 11) is 0. The summed E-state index contributed by atoms with van der Waals surface area (Å²) in [6.07, 6.45) is 1.22. The molecule has 0 N–H and O–H groups in total. The topological polar surface area (TPSA) is 26.3 Å². The van der Waals surface area contributed by atoms with Crippen LogP contribution >= 0.6 is 27.5 Å². The SMILES string of the molecule is Cc1cc(Cl)cc(C(=O)Cc2cc(Br)cc3c2OCC3)c1. The van der Waals surface area contributed by atoms with E-state index in [0.29, 0.717) is 23.6 Å². The van der Waals surface area contributed by atoms with Gasteiger partial charge in [0.05, 0.1) is 6.61 Å².